The maximum absolute atomic E-state index is 12.3. The molecule has 1 aliphatic heterocycles. The number of carboxylic acids is 1. The summed E-state index contributed by atoms with van der Waals surface area (Å²) in [6.07, 6.45) is 5.59. The van der Waals surface area contributed by atoms with E-state index in [0.717, 1.165) is 0 Å². The third-order valence-electron chi connectivity index (χ3n) is 3.72. The number of terminal acetylenes is 1. The molecule has 2 N–H and O–H groups in total. The number of urea groups is 1. The summed E-state index contributed by atoms with van der Waals surface area (Å²) in [4.78, 5) is 25.0. The van der Waals surface area contributed by atoms with E-state index in [1.54, 1.807) is 31.2 Å². The van der Waals surface area contributed by atoms with E-state index >= 15 is 0 Å². The minimum absolute atomic E-state index is 0.105. The van der Waals surface area contributed by atoms with Crippen molar-refractivity contribution >= 4 is 17.7 Å². The Balaban J connectivity index is 2.05. The number of para-hydroxylation sites is 2. The van der Waals surface area contributed by atoms with Gasteiger partial charge in [0.25, 0.3) is 0 Å². The van der Waals surface area contributed by atoms with Crippen molar-refractivity contribution in [2.24, 2.45) is 5.41 Å². The van der Waals surface area contributed by atoms with Crippen molar-refractivity contribution in [1.82, 2.24) is 4.90 Å². The molecular weight excluding hydrogens is 284 g/mol. The Hall–Kier alpha value is -2.68. The number of hydrogen-bond donors (Lipinski definition) is 2. The van der Waals surface area contributed by atoms with Crippen LogP contribution in [0, 0.1) is 17.8 Å². The fraction of sp³-hybridized carbons (Fsp3) is 0.375. The van der Waals surface area contributed by atoms with E-state index in [2.05, 4.69) is 11.2 Å². The first-order chi connectivity index (χ1) is 10.5. The molecule has 0 aliphatic carbocycles. The molecule has 1 heterocycles. The highest BCUT2D eigenvalue weighted by Crippen LogP contribution is 2.31. The standard InChI is InChI=1S/C16H18N2O4/c1-3-10-22-13-7-5-4-6-12(13)17-15(21)18-9-8-16(2,11-18)14(19)20/h1,4-7H,8-11H2,2H3,(H,17,21)(H,19,20). The number of nitrogens with zero attached hydrogens (tertiary/aromatic N) is 1. The molecular formula is C16H18N2O4. The second kappa shape index (κ2) is 6.39. The quantitative estimate of drug-likeness (QED) is 0.834. The zero-order chi connectivity index (χ0) is 16.2. The van der Waals surface area contributed by atoms with Crippen LogP contribution >= 0.6 is 0 Å². The number of carbonyl (C=O) groups excluding carboxylic acids is 1. The predicted octanol–water partition coefficient (Wildman–Crippen LogP) is 2.03. The number of carbonyl (C=O) groups is 2. The van der Waals surface area contributed by atoms with E-state index in [-0.39, 0.29) is 19.2 Å². The third-order valence-corrected chi connectivity index (χ3v) is 3.72. The maximum Gasteiger partial charge on any atom is 0.321 e. The van der Waals surface area contributed by atoms with Crippen LogP contribution in [0.25, 0.3) is 0 Å². The molecule has 1 aliphatic rings. The summed E-state index contributed by atoms with van der Waals surface area (Å²) in [5.74, 6) is 1.96. The van der Waals surface area contributed by atoms with E-state index in [4.69, 9.17) is 11.2 Å². The van der Waals surface area contributed by atoms with Crippen LogP contribution < -0.4 is 10.1 Å². The number of likely N-dealkylation sites (tertiary alicyclic amines) is 1. The number of amides is 2. The van der Waals surface area contributed by atoms with Gasteiger partial charge in [0.15, 0.2) is 0 Å². The van der Waals surface area contributed by atoms with E-state index in [0.29, 0.717) is 24.4 Å². The summed E-state index contributed by atoms with van der Waals surface area (Å²) in [5.41, 5.74) is -0.386. The normalized spacial score (nSPS) is 20.3. The van der Waals surface area contributed by atoms with Crippen LogP contribution in [0.5, 0.6) is 5.75 Å². The Kier molecular flexibility index (Phi) is 4.56. The van der Waals surface area contributed by atoms with Crippen LogP contribution in [-0.2, 0) is 4.79 Å². The highest BCUT2D eigenvalue weighted by Gasteiger charge is 2.42. The lowest BCUT2D eigenvalue weighted by atomic mass is 9.90. The second-order valence-electron chi connectivity index (χ2n) is 5.46. The van der Waals surface area contributed by atoms with Gasteiger partial charge >= 0.3 is 12.0 Å². The molecule has 6 heteroatoms. The van der Waals surface area contributed by atoms with Gasteiger partial charge in [0.1, 0.15) is 12.4 Å². The molecule has 0 bridgehead atoms. The van der Waals surface area contributed by atoms with Crippen LogP contribution in [0.15, 0.2) is 24.3 Å². The summed E-state index contributed by atoms with van der Waals surface area (Å²) in [6, 6.07) is 6.61. The number of anilines is 1. The largest absolute Gasteiger partial charge is 0.481 e. The molecule has 1 atom stereocenters. The zero-order valence-electron chi connectivity index (χ0n) is 12.3. The molecule has 22 heavy (non-hydrogen) atoms. The molecule has 0 spiro atoms. The maximum atomic E-state index is 12.3. The molecule has 1 unspecified atom stereocenters. The van der Waals surface area contributed by atoms with Crippen molar-refractivity contribution in [3.8, 4) is 18.1 Å². The monoisotopic (exact) mass is 302 g/mol. The lowest BCUT2D eigenvalue weighted by Gasteiger charge is -2.21. The Morgan fingerprint density at radius 3 is 2.86 bits per heavy atom. The van der Waals surface area contributed by atoms with Crippen molar-refractivity contribution in [2.45, 2.75) is 13.3 Å². The summed E-state index contributed by atoms with van der Waals surface area (Å²) >= 11 is 0. The van der Waals surface area contributed by atoms with E-state index < -0.39 is 11.4 Å². The summed E-state index contributed by atoms with van der Waals surface area (Å²) in [7, 11) is 0. The van der Waals surface area contributed by atoms with Crippen molar-refractivity contribution < 1.29 is 19.4 Å². The molecule has 0 saturated carbocycles. The van der Waals surface area contributed by atoms with Gasteiger partial charge in [-0.05, 0) is 25.5 Å². The van der Waals surface area contributed by atoms with Gasteiger partial charge in [0.2, 0.25) is 0 Å². The zero-order valence-corrected chi connectivity index (χ0v) is 12.3. The molecule has 6 nitrogen and oxygen atoms in total. The fourth-order valence-electron chi connectivity index (χ4n) is 2.32. The number of benzene rings is 1. The second-order valence-corrected chi connectivity index (χ2v) is 5.46. The molecule has 1 aromatic rings. The summed E-state index contributed by atoms with van der Waals surface area (Å²) in [5, 5.41) is 11.9. The van der Waals surface area contributed by atoms with Gasteiger partial charge in [-0.25, -0.2) is 4.79 Å². The van der Waals surface area contributed by atoms with Gasteiger partial charge in [-0.15, -0.1) is 6.42 Å². The molecule has 116 valence electrons. The number of hydrogen-bond acceptors (Lipinski definition) is 3. The summed E-state index contributed by atoms with van der Waals surface area (Å²) < 4.78 is 5.37. The Bertz CT molecular complexity index is 623. The Labute approximate surface area is 129 Å². The number of nitrogens with one attached hydrogen (secondary N) is 1. The average Bonchev–Trinajstić information content (AvgIpc) is 2.90. The lowest BCUT2D eigenvalue weighted by Crippen LogP contribution is -2.37. The minimum Gasteiger partial charge on any atom is -0.481 e. The Morgan fingerprint density at radius 1 is 1.50 bits per heavy atom. The van der Waals surface area contributed by atoms with Gasteiger partial charge in [0, 0.05) is 13.1 Å². The van der Waals surface area contributed by atoms with Crippen LogP contribution in [0.3, 0.4) is 0 Å². The highest BCUT2D eigenvalue weighted by molar-refractivity contribution is 5.91. The van der Waals surface area contributed by atoms with E-state index in [1.807, 2.05) is 0 Å². The molecule has 2 amide bonds. The molecule has 1 fully saturated rings. The van der Waals surface area contributed by atoms with Gasteiger partial charge < -0.3 is 20.1 Å². The SMILES string of the molecule is C#CCOc1ccccc1NC(=O)N1CCC(C)(C(=O)O)C1. The molecule has 1 saturated heterocycles. The first-order valence-electron chi connectivity index (χ1n) is 6.91. The molecule has 1 aromatic carbocycles. The van der Waals surface area contributed by atoms with Gasteiger partial charge in [-0.3, -0.25) is 4.79 Å². The number of ether oxygens (including phenoxy) is 1. The van der Waals surface area contributed by atoms with Crippen molar-refractivity contribution in [2.75, 3.05) is 25.0 Å². The first kappa shape index (κ1) is 15.7. The van der Waals surface area contributed by atoms with Crippen molar-refractivity contribution in [3.63, 3.8) is 0 Å². The number of carboxylic acid groups (broad SMARTS) is 1. The number of aliphatic carboxylic acids is 1. The fourth-order valence-corrected chi connectivity index (χ4v) is 2.32. The van der Waals surface area contributed by atoms with Crippen molar-refractivity contribution in [3.05, 3.63) is 24.3 Å². The third kappa shape index (κ3) is 3.31. The lowest BCUT2D eigenvalue weighted by molar-refractivity contribution is -0.146. The van der Waals surface area contributed by atoms with Crippen LogP contribution in [0.2, 0.25) is 0 Å². The van der Waals surface area contributed by atoms with Gasteiger partial charge in [-0.2, -0.15) is 0 Å². The van der Waals surface area contributed by atoms with Crippen LogP contribution in [0.1, 0.15) is 13.3 Å². The number of rotatable bonds is 4. The van der Waals surface area contributed by atoms with Gasteiger partial charge in [-0.1, -0.05) is 18.1 Å². The minimum atomic E-state index is -0.892. The topological polar surface area (TPSA) is 78.9 Å². The summed E-state index contributed by atoms with van der Waals surface area (Å²) in [6.45, 7) is 2.34. The van der Waals surface area contributed by atoms with Gasteiger partial charge in [0.05, 0.1) is 11.1 Å². The van der Waals surface area contributed by atoms with E-state index in [1.165, 1.54) is 4.90 Å². The average molecular weight is 302 g/mol. The highest BCUT2D eigenvalue weighted by atomic mass is 16.5. The Morgan fingerprint density at radius 2 is 2.23 bits per heavy atom. The van der Waals surface area contributed by atoms with E-state index in [9.17, 15) is 14.7 Å². The van der Waals surface area contributed by atoms with Crippen LogP contribution in [0.4, 0.5) is 10.5 Å². The predicted molar refractivity (Wildman–Crippen MR) is 81.7 cm³/mol. The molecule has 0 aromatic heterocycles. The molecule has 0 radical (unpaired) electrons. The van der Waals surface area contributed by atoms with Crippen LogP contribution in [-0.4, -0.2) is 41.7 Å². The molecule has 2 rings (SSSR count). The van der Waals surface area contributed by atoms with Crippen molar-refractivity contribution in [1.29, 1.82) is 0 Å². The smallest absolute Gasteiger partial charge is 0.321 e. The first-order valence-corrected chi connectivity index (χ1v) is 6.91.